The van der Waals surface area contributed by atoms with Crippen LogP contribution in [-0.2, 0) is 17.4 Å². The van der Waals surface area contributed by atoms with Crippen LogP contribution in [0.2, 0.25) is 65.0 Å². The maximum absolute atomic E-state index is 6.86. The maximum Gasteiger partial charge on any atom is 0.263 e. The third kappa shape index (κ3) is 8.52. The van der Waals surface area contributed by atoms with E-state index < -0.39 is 41.3 Å². The molecule has 26 heavy (non-hydrogen) atoms. The smallest absolute Gasteiger partial charge is 0.263 e. The van der Waals surface area contributed by atoms with E-state index in [0.29, 0.717) is 0 Å². The molecule has 1 aliphatic heterocycles. The SMILES string of the molecule is CC[CH][SiH](O[Si](C)(C)C)[Si]1(C(O[Si](C)(C)C)O[Si](C)(C)C)CCCCO1. The first-order valence-electron chi connectivity index (χ1n) is 10.2. The van der Waals surface area contributed by atoms with Gasteiger partial charge in [0, 0.05) is 6.61 Å². The lowest BCUT2D eigenvalue weighted by Gasteiger charge is -2.48. The van der Waals surface area contributed by atoms with Gasteiger partial charge in [0.1, 0.15) is 5.91 Å². The molecule has 1 heterocycles. The summed E-state index contributed by atoms with van der Waals surface area (Å²) in [6.07, 6.45) is 3.43. The van der Waals surface area contributed by atoms with Crippen LogP contribution in [0.15, 0.2) is 0 Å². The molecule has 1 fully saturated rings. The van der Waals surface area contributed by atoms with Gasteiger partial charge < -0.3 is 17.4 Å². The van der Waals surface area contributed by atoms with Crippen LogP contribution >= 0.6 is 0 Å². The van der Waals surface area contributed by atoms with Gasteiger partial charge in [-0.3, -0.25) is 0 Å². The van der Waals surface area contributed by atoms with Crippen LogP contribution in [0.25, 0.3) is 0 Å². The van der Waals surface area contributed by atoms with Gasteiger partial charge in [-0.1, -0.05) is 19.8 Å². The lowest BCUT2D eigenvalue weighted by Crippen LogP contribution is -2.70. The fraction of sp³-hybridized carbons (Fsp3) is 0.941. The molecule has 9 heteroatoms. The summed E-state index contributed by atoms with van der Waals surface area (Å²) in [5.41, 5.74) is 0. The fourth-order valence-corrected chi connectivity index (χ4v) is 27.2. The van der Waals surface area contributed by atoms with Crippen LogP contribution in [0.5, 0.6) is 0 Å². The highest BCUT2D eigenvalue weighted by atomic mass is 29.3. The molecular weight excluding hydrogens is 409 g/mol. The first-order chi connectivity index (χ1) is 11.7. The van der Waals surface area contributed by atoms with Crippen molar-refractivity contribution in [3.05, 3.63) is 6.04 Å². The molecule has 0 saturated carbocycles. The Morgan fingerprint density at radius 3 is 1.81 bits per heavy atom. The second-order valence-corrected chi connectivity index (χ2v) is 33.6. The lowest BCUT2D eigenvalue weighted by molar-refractivity contribution is 0.0319. The summed E-state index contributed by atoms with van der Waals surface area (Å²) in [7, 11) is -9.12. The van der Waals surface area contributed by atoms with Gasteiger partial charge in [-0.2, -0.15) is 0 Å². The largest absolute Gasteiger partial charge is 0.458 e. The quantitative estimate of drug-likeness (QED) is 0.341. The van der Waals surface area contributed by atoms with Gasteiger partial charge in [-0.05, 0) is 77.4 Å². The van der Waals surface area contributed by atoms with E-state index in [0.717, 1.165) is 25.5 Å². The molecule has 2 unspecified atom stereocenters. The summed E-state index contributed by atoms with van der Waals surface area (Å²) >= 11 is 0. The van der Waals surface area contributed by atoms with E-state index >= 15 is 0 Å². The molecule has 4 nitrogen and oxygen atoms in total. The average Bonchev–Trinajstić information content (AvgIpc) is 2.42. The summed E-state index contributed by atoms with van der Waals surface area (Å²) in [6, 6.07) is 3.61. The second-order valence-electron chi connectivity index (χ2n) is 10.3. The molecule has 1 radical (unpaired) electrons. The van der Waals surface area contributed by atoms with Crippen molar-refractivity contribution < 1.29 is 17.4 Å². The van der Waals surface area contributed by atoms with Crippen molar-refractivity contribution >= 4 is 41.3 Å². The fourth-order valence-electron chi connectivity index (χ4n) is 3.19. The maximum atomic E-state index is 6.86. The molecule has 0 N–H and O–H groups in total. The average molecular weight is 452 g/mol. The molecule has 0 amide bonds. The van der Waals surface area contributed by atoms with E-state index in [2.05, 4.69) is 71.9 Å². The standard InChI is InChI=1S/C17H43O4Si5/c1-11-15-22(21-25(8,9)10)26(16-13-12-14-18-26)17(19-23(2,3)4)20-24(5,6)7/h15,17,22H,11-14,16H2,1-10H3. The topological polar surface area (TPSA) is 36.9 Å². The van der Waals surface area contributed by atoms with Crippen molar-refractivity contribution in [1.82, 2.24) is 0 Å². The predicted octanol–water partition coefficient (Wildman–Crippen LogP) is 5.12. The Kier molecular flexibility index (Phi) is 9.23. The van der Waals surface area contributed by atoms with Crippen molar-refractivity contribution in [2.24, 2.45) is 0 Å². The molecular formula is C17H43O4Si5. The molecule has 1 saturated heterocycles. The second kappa shape index (κ2) is 9.62. The number of rotatable bonds is 10. The molecule has 0 bridgehead atoms. The molecule has 2 atom stereocenters. The third-order valence-electron chi connectivity index (χ3n) is 4.06. The Balaban J connectivity index is 3.33. The minimum absolute atomic E-state index is 0.156. The van der Waals surface area contributed by atoms with E-state index in [-0.39, 0.29) is 5.91 Å². The van der Waals surface area contributed by atoms with Crippen molar-refractivity contribution in [3.8, 4) is 0 Å². The molecule has 0 aromatic carbocycles. The summed E-state index contributed by atoms with van der Waals surface area (Å²) in [5, 5.41) is 0. The van der Waals surface area contributed by atoms with E-state index in [4.69, 9.17) is 17.4 Å². The Morgan fingerprint density at radius 2 is 1.46 bits per heavy atom. The normalized spacial score (nSPS) is 24.1. The molecule has 0 aliphatic carbocycles. The summed E-state index contributed by atoms with van der Waals surface area (Å²) < 4.78 is 27.1. The summed E-state index contributed by atoms with van der Waals surface area (Å²) in [6.45, 7) is 23.6. The number of hydrogen-bond donors (Lipinski definition) is 0. The van der Waals surface area contributed by atoms with E-state index in [1.54, 1.807) is 0 Å². The van der Waals surface area contributed by atoms with Crippen LogP contribution < -0.4 is 0 Å². The molecule has 0 aromatic heterocycles. The van der Waals surface area contributed by atoms with Gasteiger partial charge in [0.2, 0.25) is 0 Å². The van der Waals surface area contributed by atoms with Crippen molar-refractivity contribution in [2.75, 3.05) is 6.61 Å². The summed E-state index contributed by atoms with van der Waals surface area (Å²) in [5.74, 6) is -0.156. The van der Waals surface area contributed by atoms with Gasteiger partial charge in [0.05, 0.1) is 0 Å². The highest BCUT2D eigenvalue weighted by Crippen LogP contribution is 2.35. The van der Waals surface area contributed by atoms with Gasteiger partial charge in [0.15, 0.2) is 33.5 Å². The van der Waals surface area contributed by atoms with Gasteiger partial charge in [-0.25, -0.2) is 0 Å². The molecule has 1 aliphatic rings. The van der Waals surface area contributed by atoms with Crippen LogP contribution in [0.3, 0.4) is 0 Å². The van der Waals surface area contributed by atoms with E-state index in [1.165, 1.54) is 6.42 Å². The zero-order valence-electron chi connectivity index (χ0n) is 18.9. The minimum Gasteiger partial charge on any atom is -0.458 e. The van der Waals surface area contributed by atoms with Crippen molar-refractivity contribution in [3.63, 3.8) is 0 Å². The zero-order chi connectivity index (χ0) is 20.2. The van der Waals surface area contributed by atoms with Gasteiger partial charge in [0.25, 0.3) is 7.83 Å². The predicted molar refractivity (Wildman–Crippen MR) is 125 cm³/mol. The highest BCUT2D eigenvalue weighted by Gasteiger charge is 2.57. The van der Waals surface area contributed by atoms with E-state index in [1.807, 2.05) is 0 Å². The minimum atomic E-state index is -2.27. The van der Waals surface area contributed by atoms with Crippen LogP contribution in [0, 0.1) is 6.04 Å². The highest BCUT2D eigenvalue weighted by molar-refractivity contribution is 7.31. The van der Waals surface area contributed by atoms with Crippen LogP contribution in [0.1, 0.15) is 26.2 Å². The molecule has 155 valence electrons. The first-order valence-corrected chi connectivity index (χ1v) is 25.6. The lowest BCUT2D eigenvalue weighted by atomic mass is 10.4. The Labute approximate surface area is 168 Å². The van der Waals surface area contributed by atoms with E-state index in [9.17, 15) is 0 Å². The van der Waals surface area contributed by atoms with Crippen LogP contribution in [0.4, 0.5) is 0 Å². The van der Waals surface area contributed by atoms with Crippen molar-refractivity contribution in [2.45, 2.75) is 97.1 Å². The monoisotopic (exact) mass is 451 g/mol. The Morgan fingerprint density at radius 1 is 0.923 bits per heavy atom. The summed E-state index contributed by atoms with van der Waals surface area (Å²) in [4.78, 5) is 0. The Hall–Kier alpha value is 0.924. The van der Waals surface area contributed by atoms with Crippen molar-refractivity contribution in [1.29, 1.82) is 0 Å². The molecule has 0 aromatic rings. The zero-order valence-corrected chi connectivity index (χ0v) is 24.1. The Bertz CT molecular complexity index is 406. The third-order valence-corrected chi connectivity index (χ3v) is 21.8. The molecule has 0 spiro atoms. The molecule has 1 rings (SSSR count). The van der Waals surface area contributed by atoms with Gasteiger partial charge >= 0.3 is 0 Å². The number of hydrogen-bond acceptors (Lipinski definition) is 4. The first kappa shape index (κ1) is 25.0. The van der Waals surface area contributed by atoms with Crippen LogP contribution in [-0.4, -0.2) is 53.9 Å². The van der Waals surface area contributed by atoms with Gasteiger partial charge in [-0.15, -0.1) is 0 Å².